The molecule has 0 bridgehead atoms. The Morgan fingerprint density at radius 2 is 1.75 bits per heavy atom. The van der Waals surface area contributed by atoms with Crippen molar-refractivity contribution in [1.82, 2.24) is 4.31 Å². The molecular weight excluding hydrogens is 466 g/mol. The number of rotatable bonds is 6. The first-order chi connectivity index (χ1) is 15.1. The third-order valence-electron chi connectivity index (χ3n) is 4.96. The Morgan fingerprint density at radius 3 is 2.41 bits per heavy atom. The predicted molar refractivity (Wildman–Crippen MR) is 114 cm³/mol. The van der Waals surface area contributed by atoms with Gasteiger partial charge in [0.1, 0.15) is 0 Å². The van der Waals surface area contributed by atoms with E-state index in [2.05, 4.69) is 5.32 Å². The number of amides is 1. The molecule has 2 aromatic carbocycles. The SMILES string of the molecule is CC(OC(=O)c1ccc(F)c(F)c1)C(=O)Nc1cc(S(=O)(=O)N2CCCCC2)ccc1Cl. The minimum atomic E-state index is -3.75. The van der Waals surface area contributed by atoms with Crippen molar-refractivity contribution in [2.24, 2.45) is 0 Å². The second-order valence-electron chi connectivity index (χ2n) is 7.27. The highest BCUT2D eigenvalue weighted by atomic mass is 35.5. The fourth-order valence-electron chi connectivity index (χ4n) is 3.15. The fourth-order valence-corrected chi connectivity index (χ4v) is 4.86. The summed E-state index contributed by atoms with van der Waals surface area (Å²) in [6.07, 6.45) is 1.19. The number of piperidine rings is 1. The normalized spacial score (nSPS) is 15.8. The van der Waals surface area contributed by atoms with Crippen molar-refractivity contribution < 1.29 is 31.5 Å². The van der Waals surface area contributed by atoms with Crippen LogP contribution >= 0.6 is 11.6 Å². The van der Waals surface area contributed by atoms with Gasteiger partial charge in [0, 0.05) is 13.1 Å². The molecule has 0 spiro atoms. The molecule has 0 saturated carbocycles. The third kappa shape index (κ3) is 5.43. The molecule has 1 heterocycles. The van der Waals surface area contributed by atoms with Crippen LogP contribution in [0, 0.1) is 11.6 Å². The number of halogens is 3. The van der Waals surface area contributed by atoms with E-state index in [1.165, 1.54) is 29.4 Å². The number of esters is 1. The molecule has 1 saturated heterocycles. The van der Waals surface area contributed by atoms with Gasteiger partial charge in [-0.2, -0.15) is 4.31 Å². The van der Waals surface area contributed by atoms with E-state index in [1.807, 2.05) is 0 Å². The number of carbonyl (C=O) groups is 2. The Labute approximate surface area is 189 Å². The molecular formula is C21H21ClF2N2O5S. The molecule has 1 aliphatic rings. The van der Waals surface area contributed by atoms with Crippen molar-refractivity contribution in [3.63, 3.8) is 0 Å². The highest BCUT2D eigenvalue weighted by Crippen LogP contribution is 2.28. The zero-order chi connectivity index (χ0) is 23.5. The molecule has 1 atom stereocenters. The second kappa shape index (κ2) is 9.93. The van der Waals surface area contributed by atoms with Crippen LogP contribution in [-0.4, -0.2) is 43.8 Å². The topological polar surface area (TPSA) is 92.8 Å². The highest BCUT2D eigenvalue weighted by molar-refractivity contribution is 7.89. The molecule has 1 fully saturated rings. The van der Waals surface area contributed by atoms with Gasteiger partial charge in [0.05, 0.1) is 21.2 Å². The highest BCUT2D eigenvalue weighted by Gasteiger charge is 2.27. The summed E-state index contributed by atoms with van der Waals surface area (Å²) in [5.41, 5.74) is -0.235. The van der Waals surface area contributed by atoms with E-state index < -0.39 is 39.6 Å². The first-order valence-electron chi connectivity index (χ1n) is 9.86. The summed E-state index contributed by atoms with van der Waals surface area (Å²) in [7, 11) is -3.75. The van der Waals surface area contributed by atoms with Gasteiger partial charge in [-0.25, -0.2) is 22.0 Å². The average Bonchev–Trinajstić information content (AvgIpc) is 2.77. The van der Waals surface area contributed by atoms with E-state index in [1.54, 1.807) is 0 Å². The number of carbonyl (C=O) groups excluding carboxylic acids is 2. The number of sulfonamides is 1. The Bertz CT molecular complexity index is 1140. The first-order valence-corrected chi connectivity index (χ1v) is 11.7. The van der Waals surface area contributed by atoms with Gasteiger partial charge in [-0.1, -0.05) is 18.0 Å². The molecule has 3 rings (SSSR count). The number of nitrogens with one attached hydrogen (secondary N) is 1. The van der Waals surface area contributed by atoms with Crippen LogP contribution in [-0.2, 0) is 19.6 Å². The largest absolute Gasteiger partial charge is 0.449 e. The van der Waals surface area contributed by atoms with Gasteiger partial charge in [0.15, 0.2) is 17.7 Å². The van der Waals surface area contributed by atoms with E-state index in [9.17, 15) is 26.8 Å². The van der Waals surface area contributed by atoms with Crippen LogP contribution in [0.3, 0.4) is 0 Å². The van der Waals surface area contributed by atoms with Crippen molar-refractivity contribution >= 4 is 39.2 Å². The Kier molecular flexibility index (Phi) is 7.47. The Morgan fingerprint density at radius 1 is 1.06 bits per heavy atom. The number of ether oxygens (including phenoxy) is 1. The number of benzene rings is 2. The molecule has 0 aliphatic carbocycles. The molecule has 32 heavy (non-hydrogen) atoms. The third-order valence-corrected chi connectivity index (χ3v) is 7.18. The lowest BCUT2D eigenvalue weighted by Gasteiger charge is -2.26. The van der Waals surface area contributed by atoms with Crippen molar-refractivity contribution in [1.29, 1.82) is 0 Å². The molecule has 11 heteroatoms. The van der Waals surface area contributed by atoms with Gasteiger partial charge in [0.25, 0.3) is 5.91 Å². The summed E-state index contributed by atoms with van der Waals surface area (Å²) >= 11 is 6.11. The Balaban J connectivity index is 1.71. The minimum Gasteiger partial charge on any atom is -0.449 e. The average molecular weight is 487 g/mol. The van der Waals surface area contributed by atoms with Crippen molar-refractivity contribution in [2.75, 3.05) is 18.4 Å². The van der Waals surface area contributed by atoms with Crippen LogP contribution in [0.2, 0.25) is 5.02 Å². The van der Waals surface area contributed by atoms with Crippen LogP contribution in [0.5, 0.6) is 0 Å². The van der Waals surface area contributed by atoms with Crippen molar-refractivity contribution in [3.8, 4) is 0 Å². The fraction of sp³-hybridized carbons (Fsp3) is 0.333. The summed E-state index contributed by atoms with van der Waals surface area (Å²) in [5.74, 6) is -4.16. The molecule has 172 valence electrons. The first kappa shape index (κ1) is 24.1. The Hall–Kier alpha value is -2.56. The number of hydrogen-bond donors (Lipinski definition) is 1. The van der Waals surface area contributed by atoms with Gasteiger partial charge in [-0.05, 0) is 56.2 Å². The van der Waals surface area contributed by atoms with Crippen LogP contribution in [0.1, 0.15) is 36.5 Å². The number of nitrogens with zero attached hydrogens (tertiary/aromatic N) is 1. The summed E-state index contributed by atoms with van der Waals surface area (Å²) in [6.45, 7) is 2.11. The molecule has 1 unspecified atom stereocenters. The van der Waals surface area contributed by atoms with E-state index in [0.717, 1.165) is 31.4 Å². The summed E-state index contributed by atoms with van der Waals surface area (Å²) < 4.78 is 58.4. The molecule has 2 aromatic rings. The summed E-state index contributed by atoms with van der Waals surface area (Å²) in [6, 6.07) is 6.41. The van der Waals surface area contributed by atoms with E-state index >= 15 is 0 Å². The van der Waals surface area contributed by atoms with Crippen LogP contribution < -0.4 is 5.32 Å². The second-order valence-corrected chi connectivity index (χ2v) is 9.62. The van der Waals surface area contributed by atoms with E-state index in [0.29, 0.717) is 19.2 Å². The van der Waals surface area contributed by atoms with Crippen molar-refractivity contribution in [2.45, 2.75) is 37.2 Å². The lowest BCUT2D eigenvalue weighted by Crippen LogP contribution is -2.35. The molecule has 0 radical (unpaired) electrons. The smallest absolute Gasteiger partial charge is 0.339 e. The van der Waals surface area contributed by atoms with Crippen molar-refractivity contribution in [3.05, 3.63) is 58.6 Å². The molecule has 1 amide bonds. The van der Waals surface area contributed by atoms with Gasteiger partial charge in [-0.3, -0.25) is 4.79 Å². The molecule has 1 aliphatic heterocycles. The maximum Gasteiger partial charge on any atom is 0.339 e. The lowest BCUT2D eigenvalue weighted by molar-refractivity contribution is -0.123. The molecule has 7 nitrogen and oxygen atoms in total. The van der Waals surface area contributed by atoms with Gasteiger partial charge < -0.3 is 10.1 Å². The van der Waals surface area contributed by atoms with Gasteiger partial charge >= 0.3 is 5.97 Å². The van der Waals surface area contributed by atoms with Gasteiger partial charge in [0.2, 0.25) is 10.0 Å². The number of hydrogen-bond acceptors (Lipinski definition) is 5. The quantitative estimate of drug-likeness (QED) is 0.623. The molecule has 0 aromatic heterocycles. The lowest BCUT2D eigenvalue weighted by atomic mass is 10.2. The number of anilines is 1. The maximum absolute atomic E-state index is 13.3. The predicted octanol–water partition coefficient (Wildman–Crippen LogP) is 3.98. The zero-order valence-electron chi connectivity index (χ0n) is 17.1. The standard InChI is InChI=1S/C21H21ClF2N2O5S/c1-13(31-21(28)14-5-8-17(23)18(24)11-14)20(27)25-19-12-15(6-7-16(19)22)32(29,30)26-9-3-2-4-10-26/h5-8,11-13H,2-4,9-10H2,1H3,(H,25,27). The van der Waals surface area contributed by atoms with Crippen LogP contribution in [0.15, 0.2) is 41.3 Å². The summed E-state index contributed by atoms with van der Waals surface area (Å²) in [5, 5.41) is 2.53. The van der Waals surface area contributed by atoms with Gasteiger partial charge in [-0.15, -0.1) is 0 Å². The van der Waals surface area contributed by atoms with Crippen LogP contribution in [0.25, 0.3) is 0 Å². The van der Waals surface area contributed by atoms with Crippen LogP contribution in [0.4, 0.5) is 14.5 Å². The monoisotopic (exact) mass is 486 g/mol. The maximum atomic E-state index is 13.3. The van der Waals surface area contributed by atoms with E-state index in [4.69, 9.17) is 16.3 Å². The molecule has 1 N–H and O–H groups in total. The van der Waals surface area contributed by atoms with E-state index in [-0.39, 0.29) is 21.2 Å². The summed E-state index contributed by atoms with van der Waals surface area (Å²) in [4.78, 5) is 24.6. The zero-order valence-corrected chi connectivity index (χ0v) is 18.7. The minimum absolute atomic E-state index is 0.0227.